The first-order chi connectivity index (χ1) is 8.85. The summed E-state index contributed by atoms with van der Waals surface area (Å²) >= 11 is 0. The molecule has 0 atom stereocenters. The predicted octanol–water partition coefficient (Wildman–Crippen LogP) is 1.17. The second kappa shape index (κ2) is 6.27. The molecule has 0 aliphatic carbocycles. The van der Waals surface area contributed by atoms with Crippen molar-refractivity contribution in [3.05, 3.63) is 18.7 Å². The highest BCUT2D eigenvalue weighted by molar-refractivity contribution is 4.62. The van der Waals surface area contributed by atoms with E-state index in [1.807, 2.05) is 42.0 Å². The molecule has 4 heterocycles. The van der Waals surface area contributed by atoms with Gasteiger partial charge in [-0.3, -0.25) is 0 Å². The average Bonchev–Trinajstić information content (AvgIpc) is 2.75. The van der Waals surface area contributed by atoms with Crippen LogP contribution in [0.15, 0.2) is 18.7 Å². The number of aromatic nitrogens is 2. The lowest BCUT2D eigenvalue weighted by molar-refractivity contribution is -1.08. The van der Waals surface area contributed by atoms with Crippen LogP contribution in [-0.4, -0.2) is 65.9 Å². The topological polar surface area (TPSA) is 8.81 Å². The third-order valence-electron chi connectivity index (χ3n) is 5.25. The molecule has 0 radical (unpaired) electrons. The van der Waals surface area contributed by atoms with Gasteiger partial charge in [-0.1, -0.05) is 7.43 Å². The summed E-state index contributed by atoms with van der Waals surface area (Å²) in [6.45, 7) is 13.3. The van der Waals surface area contributed by atoms with Crippen molar-refractivity contribution in [3.8, 4) is 0 Å². The van der Waals surface area contributed by atoms with Crippen LogP contribution < -0.4 is 4.57 Å². The van der Waals surface area contributed by atoms with Gasteiger partial charge in [0, 0.05) is 0 Å². The Labute approximate surface area is 125 Å². The zero-order chi connectivity index (χ0) is 14.1. The van der Waals surface area contributed by atoms with Crippen LogP contribution in [0.4, 0.5) is 0 Å². The number of imidazole rings is 1. The van der Waals surface area contributed by atoms with Crippen molar-refractivity contribution >= 4 is 0 Å². The molecule has 3 saturated heterocycles. The van der Waals surface area contributed by atoms with E-state index in [2.05, 4.69) is 20.9 Å². The van der Waals surface area contributed by atoms with Crippen molar-refractivity contribution in [2.75, 3.05) is 46.3 Å². The highest BCUT2D eigenvalue weighted by atomic mass is 15.5. The number of rotatable bonds is 1. The summed E-state index contributed by atoms with van der Waals surface area (Å²) in [6, 6.07) is 0.846. The number of likely N-dealkylation sites (N-methyl/N-ethyl adjacent to an activating group) is 1. The molecule has 4 rings (SSSR count). The molecule has 0 N–H and O–H groups in total. The van der Waals surface area contributed by atoms with Gasteiger partial charge in [0.2, 0.25) is 6.33 Å². The van der Waals surface area contributed by atoms with E-state index in [-0.39, 0.29) is 7.43 Å². The first kappa shape index (κ1) is 17.2. The van der Waals surface area contributed by atoms with Crippen molar-refractivity contribution in [2.24, 2.45) is 14.1 Å². The molecule has 3 aliphatic heterocycles. The molecular weight excluding hydrogens is 248 g/mol. The van der Waals surface area contributed by atoms with E-state index in [9.17, 15) is 0 Å². The Balaban J connectivity index is 0.000000216. The lowest BCUT2D eigenvalue weighted by Gasteiger charge is -2.55. The van der Waals surface area contributed by atoms with Crippen molar-refractivity contribution < 1.29 is 13.5 Å². The van der Waals surface area contributed by atoms with Crippen LogP contribution >= 0.6 is 0 Å². The number of fused-ring (bicyclic) bond motifs is 3. The summed E-state index contributed by atoms with van der Waals surface area (Å²) in [7, 11) is 6.42. The first-order valence-corrected chi connectivity index (χ1v) is 7.52. The Hall–Kier alpha value is -0.870. The minimum Gasteiger partial charge on any atom is -0.312 e. The van der Waals surface area contributed by atoms with Crippen molar-refractivity contribution in [1.29, 1.82) is 0 Å². The number of nitrogens with zero attached hydrogens (tertiary/aromatic N) is 4. The summed E-state index contributed by atoms with van der Waals surface area (Å²) in [6.07, 6.45) is 6.00. The van der Waals surface area contributed by atoms with Crippen molar-refractivity contribution in [1.82, 2.24) is 4.57 Å². The predicted molar refractivity (Wildman–Crippen MR) is 84.1 cm³/mol. The quantitative estimate of drug-likeness (QED) is 0.540. The summed E-state index contributed by atoms with van der Waals surface area (Å²) in [5.41, 5.74) is 0. The lowest BCUT2D eigenvalue weighted by atomic mass is 10.1. The molecule has 1 aromatic rings. The minimum absolute atomic E-state index is 0. The van der Waals surface area contributed by atoms with E-state index in [4.69, 9.17) is 0 Å². The molecule has 4 nitrogen and oxygen atoms in total. The molecule has 3 aliphatic rings. The van der Waals surface area contributed by atoms with Gasteiger partial charge in [-0.2, -0.15) is 0 Å². The first-order valence-electron chi connectivity index (χ1n) is 7.52. The fraction of sp³-hybridized carbons (Fsp3) is 0.812. The SMILES string of the molecule is C.CC(C)[N+]12CC[N+](C)(CC1)CC2.Cn1cc[n+](C)c1. The molecule has 0 unspecified atom stereocenters. The van der Waals surface area contributed by atoms with E-state index in [0.29, 0.717) is 0 Å². The third kappa shape index (κ3) is 3.61. The second-order valence-corrected chi connectivity index (χ2v) is 7.02. The van der Waals surface area contributed by atoms with Crippen molar-refractivity contribution in [3.63, 3.8) is 0 Å². The Bertz CT molecular complexity index is 381. The monoisotopic (exact) mass is 283 g/mol. The fourth-order valence-corrected chi connectivity index (χ4v) is 3.34. The van der Waals surface area contributed by atoms with E-state index < -0.39 is 0 Å². The van der Waals surface area contributed by atoms with Gasteiger partial charge in [0.1, 0.15) is 51.7 Å². The van der Waals surface area contributed by atoms with Crippen LogP contribution in [0.3, 0.4) is 0 Å². The molecule has 4 heteroatoms. The zero-order valence-corrected chi connectivity index (χ0v) is 13.3. The molecule has 0 spiro atoms. The van der Waals surface area contributed by atoms with E-state index >= 15 is 0 Å². The third-order valence-corrected chi connectivity index (χ3v) is 5.25. The Morgan fingerprint density at radius 1 is 1.05 bits per heavy atom. The average molecular weight is 283 g/mol. The number of piperazine rings is 3. The summed E-state index contributed by atoms with van der Waals surface area (Å²) < 4.78 is 6.76. The van der Waals surface area contributed by atoms with Crippen LogP contribution in [0.1, 0.15) is 21.3 Å². The van der Waals surface area contributed by atoms with E-state index in [0.717, 1.165) is 6.04 Å². The molecule has 0 saturated carbocycles. The molecule has 0 aromatic carbocycles. The second-order valence-electron chi connectivity index (χ2n) is 7.02. The molecule has 2 bridgehead atoms. The number of hydrogen-bond acceptors (Lipinski definition) is 0. The molecule has 116 valence electrons. The Morgan fingerprint density at radius 2 is 1.55 bits per heavy atom. The van der Waals surface area contributed by atoms with Crippen LogP contribution in [0.5, 0.6) is 0 Å². The maximum atomic E-state index is 2.42. The Morgan fingerprint density at radius 3 is 1.80 bits per heavy atom. The molecule has 0 amide bonds. The summed E-state index contributed by atoms with van der Waals surface area (Å²) in [5.74, 6) is 0. The highest BCUT2D eigenvalue weighted by Gasteiger charge is 2.47. The van der Waals surface area contributed by atoms with Gasteiger partial charge in [-0.15, -0.1) is 0 Å². The standard InChI is InChI=1S/C10H22N2.C5H9N2.CH4/c1-10(2)12-7-4-11(3,5-8-12)6-9-12;1-6-3-4-7(2)5-6;/h10H,4-9H2,1-3H3;3-5H,1-2H3;1H4/q+2;+1;. The van der Waals surface area contributed by atoms with E-state index in [1.165, 1.54) is 48.2 Å². The van der Waals surface area contributed by atoms with Gasteiger partial charge in [0.15, 0.2) is 0 Å². The number of aryl methyl sites for hydroxylation is 2. The summed E-state index contributed by atoms with van der Waals surface area (Å²) in [5, 5.41) is 0. The molecular formula is C16H35N4+3. The van der Waals surface area contributed by atoms with Gasteiger partial charge in [-0.05, 0) is 13.8 Å². The van der Waals surface area contributed by atoms with Gasteiger partial charge in [0.25, 0.3) is 0 Å². The highest BCUT2D eigenvalue weighted by Crippen LogP contribution is 2.27. The smallest absolute Gasteiger partial charge is 0.243 e. The lowest BCUT2D eigenvalue weighted by Crippen LogP contribution is -2.75. The van der Waals surface area contributed by atoms with E-state index in [1.54, 1.807) is 0 Å². The van der Waals surface area contributed by atoms with Gasteiger partial charge < -0.3 is 8.97 Å². The largest absolute Gasteiger partial charge is 0.312 e. The number of quaternary nitrogens is 2. The maximum Gasteiger partial charge on any atom is 0.243 e. The van der Waals surface area contributed by atoms with Crippen LogP contribution in [-0.2, 0) is 14.1 Å². The number of hydrogen-bond donors (Lipinski definition) is 0. The van der Waals surface area contributed by atoms with Gasteiger partial charge in [0.05, 0.1) is 27.2 Å². The van der Waals surface area contributed by atoms with Crippen molar-refractivity contribution in [2.45, 2.75) is 27.3 Å². The maximum absolute atomic E-state index is 2.42. The Kier molecular flexibility index (Phi) is 5.39. The van der Waals surface area contributed by atoms with Crippen LogP contribution in [0.2, 0.25) is 0 Å². The summed E-state index contributed by atoms with van der Waals surface area (Å²) in [4.78, 5) is 0. The molecule has 1 aromatic heterocycles. The van der Waals surface area contributed by atoms with Gasteiger partial charge >= 0.3 is 0 Å². The zero-order valence-electron chi connectivity index (χ0n) is 13.3. The minimum atomic E-state index is 0. The van der Waals surface area contributed by atoms with Gasteiger partial charge in [-0.25, -0.2) is 9.13 Å². The normalized spacial score (nSPS) is 31.5. The molecule has 3 fully saturated rings. The van der Waals surface area contributed by atoms with Crippen LogP contribution in [0.25, 0.3) is 0 Å². The fourth-order valence-electron chi connectivity index (χ4n) is 3.34. The molecule has 20 heavy (non-hydrogen) atoms. The van der Waals surface area contributed by atoms with Crippen LogP contribution in [0, 0.1) is 0 Å².